The van der Waals surface area contributed by atoms with Gasteiger partial charge in [0.15, 0.2) is 0 Å². The predicted molar refractivity (Wildman–Crippen MR) is 88.4 cm³/mol. The third-order valence-corrected chi connectivity index (χ3v) is 9.20. The van der Waals surface area contributed by atoms with Crippen molar-refractivity contribution >= 4 is 0 Å². The fourth-order valence-corrected chi connectivity index (χ4v) is 7.48. The molecule has 0 amide bonds. The lowest BCUT2D eigenvalue weighted by molar-refractivity contribution is -0.153. The standard InChI is InChI=1S/C20H34O2/c1-18-9-6-14(21)12-13(18)4-5-15-16(18)7-10-19(2)17(15)8-11-20(19,3)22/h13-17,21-22H,4-12H2,1-3H3/t13-,14+,15?,16?,17?,18?,19?,20-/m1/s1. The van der Waals surface area contributed by atoms with Gasteiger partial charge < -0.3 is 10.2 Å². The van der Waals surface area contributed by atoms with Crippen molar-refractivity contribution in [2.75, 3.05) is 0 Å². The molecule has 0 aromatic heterocycles. The van der Waals surface area contributed by atoms with E-state index in [4.69, 9.17) is 0 Å². The zero-order valence-electron chi connectivity index (χ0n) is 14.6. The minimum atomic E-state index is -0.455. The number of aliphatic hydroxyl groups is 2. The van der Waals surface area contributed by atoms with Crippen molar-refractivity contribution in [2.45, 2.75) is 90.3 Å². The van der Waals surface area contributed by atoms with Gasteiger partial charge in [-0.05, 0) is 99.2 Å². The van der Waals surface area contributed by atoms with E-state index < -0.39 is 5.60 Å². The van der Waals surface area contributed by atoms with Gasteiger partial charge in [-0.1, -0.05) is 13.8 Å². The summed E-state index contributed by atoms with van der Waals surface area (Å²) < 4.78 is 0. The second-order valence-corrected chi connectivity index (χ2v) is 9.85. The topological polar surface area (TPSA) is 40.5 Å². The van der Waals surface area contributed by atoms with Crippen molar-refractivity contribution in [3.05, 3.63) is 0 Å². The summed E-state index contributed by atoms with van der Waals surface area (Å²) >= 11 is 0. The molecule has 22 heavy (non-hydrogen) atoms. The molecule has 0 aromatic carbocycles. The molecular formula is C20H34O2. The zero-order valence-corrected chi connectivity index (χ0v) is 14.6. The van der Waals surface area contributed by atoms with Gasteiger partial charge in [-0.15, -0.1) is 0 Å². The molecule has 2 N–H and O–H groups in total. The van der Waals surface area contributed by atoms with Gasteiger partial charge in [0, 0.05) is 0 Å². The van der Waals surface area contributed by atoms with Crippen LogP contribution in [0.4, 0.5) is 0 Å². The average Bonchev–Trinajstić information content (AvgIpc) is 2.70. The van der Waals surface area contributed by atoms with Crippen LogP contribution >= 0.6 is 0 Å². The Morgan fingerprint density at radius 1 is 0.818 bits per heavy atom. The van der Waals surface area contributed by atoms with Crippen LogP contribution in [0.2, 0.25) is 0 Å². The number of hydrogen-bond acceptors (Lipinski definition) is 2. The van der Waals surface area contributed by atoms with Crippen molar-refractivity contribution < 1.29 is 10.2 Å². The first kappa shape index (κ1) is 15.4. The molecule has 0 spiro atoms. The van der Waals surface area contributed by atoms with E-state index in [9.17, 15) is 10.2 Å². The molecule has 0 aliphatic heterocycles. The Morgan fingerprint density at radius 2 is 1.55 bits per heavy atom. The van der Waals surface area contributed by atoms with Crippen molar-refractivity contribution in [3.63, 3.8) is 0 Å². The number of aliphatic hydroxyl groups excluding tert-OH is 1. The zero-order chi connectivity index (χ0) is 15.8. The summed E-state index contributed by atoms with van der Waals surface area (Å²) in [6.07, 6.45) is 10.6. The largest absolute Gasteiger partial charge is 0.393 e. The highest BCUT2D eigenvalue weighted by Gasteiger charge is 2.63. The molecule has 2 nitrogen and oxygen atoms in total. The van der Waals surface area contributed by atoms with E-state index in [-0.39, 0.29) is 11.5 Å². The van der Waals surface area contributed by atoms with Gasteiger partial charge in [-0.2, -0.15) is 0 Å². The molecular weight excluding hydrogens is 272 g/mol. The Hall–Kier alpha value is -0.0800. The Morgan fingerprint density at radius 3 is 2.32 bits per heavy atom. The molecule has 0 aromatic rings. The summed E-state index contributed by atoms with van der Waals surface area (Å²) in [6, 6.07) is 0. The number of hydrogen-bond donors (Lipinski definition) is 2. The van der Waals surface area contributed by atoms with Crippen LogP contribution in [0.5, 0.6) is 0 Å². The van der Waals surface area contributed by atoms with E-state index in [2.05, 4.69) is 20.8 Å². The van der Waals surface area contributed by atoms with Crippen LogP contribution in [-0.4, -0.2) is 21.9 Å². The third kappa shape index (κ3) is 1.86. The maximum Gasteiger partial charge on any atom is 0.0675 e. The lowest BCUT2D eigenvalue weighted by atomic mass is 9.44. The monoisotopic (exact) mass is 306 g/mol. The fourth-order valence-electron chi connectivity index (χ4n) is 7.48. The normalized spacial score (nSPS) is 61.2. The Labute approximate surface area is 135 Å². The summed E-state index contributed by atoms with van der Waals surface area (Å²) in [5.41, 5.74) is 0.145. The summed E-state index contributed by atoms with van der Waals surface area (Å²) in [7, 11) is 0. The molecule has 5 unspecified atom stereocenters. The maximum atomic E-state index is 10.9. The first-order valence-corrected chi connectivity index (χ1v) is 9.68. The molecule has 8 atom stereocenters. The lowest BCUT2D eigenvalue weighted by Gasteiger charge is -2.61. The minimum absolute atomic E-state index is 0.0457. The molecule has 4 aliphatic carbocycles. The lowest BCUT2D eigenvalue weighted by Crippen LogP contribution is -2.56. The fraction of sp³-hybridized carbons (Fsp3) is 1.00. The SMILES string of the molecule is CC12CC[C@H](O)C[C@H]1CCC1C2CCC2(C)C1CC[C@@]2(C)O. The first-order chi connectivity index (χ1) is 10.3. The van der Waals surface area contributed by atoms with Gasteiger partial charge in [-0.25, -0.2) is 0 Å². The molecule has 4 rings (SSSR count). The smallest absolute Gasteiger partial charge is 0.0675 e. The Bertz CT molecular complexity index is 459. The summed E-state index contributed by atoms with van der Waals surface area (Å²) in [5, 5.41) is 21.0. The molecule has 2 heteroatoms. The van der Waals surface area contributed by atoms with E-state index >= 15 is 0 Å². The van der Waals surface area contributed by atoms with Crippen molar-refractivity contribution in [1.82, 2.24) is 0 Å². The molecule has 0 heterocycles. The van der Waals surface area contributed by atoms with Crippen LogP contribution in [0.15, 0.2) is 0 Å². The average molecular weight is 306 g/mol. The minimum Gasteiger partial charge on any atom is -0.393 e. The van der Waals surface area contributed by atoms with E-state index in [1.807, 2.05) is 0 Å². The van der Waals surface area contributed by atoms with E-state index in [1.165, 1.54) is 38.5 Å². The highest BCUT2D eigenvalue weighted by molar-refractivity contribution is 5.12. The first-order valence-electron chi connectivity index (χ1n) is 9.68. The van der Waals surface area contributed by atoms with E-state index in [1.54, 1.807) is 0 Å². The van der Waals surface area contributed by atoms with Crippen LogP contribution in [0.3, 0.4) is 0 Å². The number of fused-ring (bicyclic) bond motifs is 5. The predicted octanol–water partition coefficient (Wildman–Crippen LogP) is 4.14. The molecule has 4 aliphatic rings. The van der Waals surface area contributed by atoms with Crippen LogP contribution in [-0.2, 0) is 0 Å². The molecule has 126 valence electrons. The van der Waals surface area contributed by atoms with Gasteiger partial charge >= 0.3 is 0 Å². The van der Waals surface area contributed by atoms with E-state index in [0.717, 1.165) is 42.9 Å². The Kier molecular flexibility index (Phi) is 3.32. The molecule has 0 radical (unpaired) electrons. The molecule has 4 saturated carbocycles. The molecule has 0 bridgehead atoms. The summed E-state index contributed by atoms with van der Waals surface area (Å²) in [4.78, 5) is 0. The van der Waals surface area contributed by atoms with Crippen LogP contribution < -0.4 is 0 Å². The highest BCUT2D eigenvalue weighted by Crippen LogP contribution is 2.68. The number of rotatable bonds is 0. The van der Waals surface area contributed by atoms with Crippen LogP contribution in [0.1, 0.15) is 78.6 Å². The summed E-state index contributed by atoms with van der Waals surface area (Å²) in [5.74, 6) is 3.13. The van der Waals surface area contributed by atoms with E-state index in [0.29, 0.717) is 5.41 Å². The van der Waals surface area contributed by atoms with Crippen molar-refractivity contribution in [3.8, 4) is 0 Å². The van der Waals surface area contributed by atoms with Crippen molar-refractivity contribution in [1.29, 1.82) is 0 Å². The highest BCUT2D eigenvalue weighted by atomic mass is 16.3. The van der Waals surface area contributed by atoms with Crippen LogP contribution in [0, 0.1) is 34.5 Å². The van der Waals surface area contributed by atoms with Crippen LogP contribution in [0.25, 0.3) is 0 Å². The van der Waals surface area contributed by atoms with Gasteiger partial charge in [0.1, 0.15) is 0 Å². The van der Waals surface area contributed by atoms with Gasteiger partial charge in [-0.3, -0.25) is 0 Å². The summed E-state index contributed by atoms with van der Waals surface area (Å²) in [6.45, 7) is 7.01. The third-order valence-electron chi connectivity index (χ3n) is 9.20. The quantitative estimate of drug-likeness (QED) is 0.706. The maximum absolute atomic E-state index is 10.9. The van der Waals surface area contributed by atoms with Crippen molar-refractivity contribution in [2.24, 2.45) is 34.5 Å². The second-order valence-electron chi connectivity index (χ2n) is 9.85. The van der Waals surface area contributed by atoms with Gasteiger partial charge in [0.05, 0.1) is 11.7 Å². The molecule has 0 saturated heterocycles. The van der Waals surface area contributed by atoms with Gasteiger partial charge in [0.25, 0.3) is 0 Å². The second kappa shape index (κ2) is 4.72. The van der Waals surface area contributed by atoms with Gasteiger partial charge in [0.2, 0.25) is 0 Å². The Balaban J connectivity index is 1.64. The molecule has 4 fully saturated rings.